The Bertz CT molecular complexity index is 507. The first-order valence-corrected chi connectivity index (χ1v) is 5.11. The van der Waals surface area contributed by atoms with Crippen molar-refractivity contribution in [1.29, 1.82) is 0 Å². The molecule has 0 radical (unpaired) electrons. The van der Waals surface area contributed by atoms with E-state index in [1.165, 1.54) is 0 Å². The van der Waals surface area contributed by atoms with Crippen LogP contribution in [0.15, 0.2) is 23.2 Å². The zero-order valence-corrected chi connectivity index (χ0v) is 8.77. The molecule has 2 rings (SSSR count). The summed E-state index contributed by atoms with van der Waals surface area (Å²) < 4.78 is 0. The summed E-state index contributed by atoms with van der Waals surface area (Å²) in [5.74, 6) is 0.200. The molecule has 72 valence electrons. The van der Waals surface area contributed by atoms with Crippen molar-refractivity contribution in [3.63, 3.8) is 0 Å². The lowest BCUT2D eigenvalue weighted by Crippen LogP contribution is -2.22. The maximum Gasteiger partial charge on any atom is 0.289 e. The number of alkyl halides is 1. The number of rotatable bonds is 2. The summed E-state index contributed by atoms with van der Waals surface area (Å²) in [7, 11) is 0. The Morgan fingerprint density at radius 3 is 2.86 bits per heavy atom. The number of fused-ring (bicyclic) bond motifs is 1. The fourth-order valence-corrected chi connectivity index (χ4v) is 1.81. The Morgan fingerprint density at radius 1 is 1.36 bits per heavy atom. The van der Waals surface area contributed by atoms with Crippen molar-refractivity contribution in [2.75, 3.05) is 5.88 Å². The smallest absolute Gasteiger partial charge is 0.266 e. The van der Waals surface area contributed by atoms with Gasteiger partial charge < -0.3 is 0 Å². The molecule has 0 saturated carbocycles. The molecular formula is C10H7Cl2NO. The number of amides is 1. The molecule has 0 spiro atoms. The van der Waals surface area contributed by atoms with Crippen molar-refractivity contribution in [3.05, 3.63) is 34.3 Å². The lowest BCUT2D eigenvalue weighted by Gasteiger charge is -1.95. The van der Waals surface area contributed by atoms with Crippen LogP contribution in [0.5, 0.6) is 0 Å². The topological polar surface area (TPSA) is 29.4 Å². The SMILES string of the molecule is O=C1N=c2ccc(CCCl)cc2=C1Cl. The zero-order chi connectivity index (χ0) is 10.1. The monoisotopic (exact) mass is 227 g/mol. The highest BCUT2D eigenvalue weighted by atomic mass is 35.5. The highest BCUT2D eigenvalue weighted by molar-refractivity contribution is 6.61. The van der Waals surface area contributed by atoms with Gasteiger partial charge in [0.25, 0.3) is 5.91 Å². The summed E-state index contributed by atoms with van der Waals surface area (Å²) in [5.41, 5.74) is 1.07. The average molecular weight is 228 g/mol. The van der Waals surface area contributed by atoms with Crippen LogP contribution in [0.25, 0.3) is 5.03 Å². The molecule has 0 N–H and O–H groups in total. The Balaban J connectivity index is 2.63. The third kappa shape index (κ3) is 1.56. The predicted octanol–water partition coefficient (Wildman–Crippen LogP) is 0.975. The number of benzene rings is 1. The van der Waals surface area contributed by atoms with Crippen molar-refractivity contribution < 1.29 is 4.79 Å². The van der Waals surface area contributed by atoms with Gasteiger partial charge in [-0.1, -0.05) is 17.7 Å². The van der Waals surface area contributed by atoms with Crippen molar-refractivity contribution in [2.24, 2.45) is 4.99 Å². The summed E-state index contributed by atoms with van der Waals surface area (Å²) in [4.78, 5) is 14.9. The Labute approximate surface area is 90.9 Å². The average Bonchev–Trinajstić information content (AvgIpc) is 2.45. The van der Waals surface area contributed by atoms with Gasteiger partial charge in [-0.05, 0) is 24.1 Å². The van der Waals surface area contributed by atoms with E-state index in [0.29, 0.717) is 11.2 Å². The fraction of sp³-hybridized carbons (Fsp3) is 0.200. The van der Waals surface area contributed by atoms with Crippen molar-refractivity contribution >= 4 is 34.1 Å². The second-order valence-electron chi connectivity index (χ2n) is 3.02. The minimum absolute atomic E-state index is 0.205. The number of carbonyl (C=O) groups is 1. The van der Waals surface area contributed by atoms with Gasteiger partial charge in [0.1, 0.15) is 5.03 Å². The lowest BCUT2D eigenvalue weighted by atomic mass is 10.1. The van der Waals surface area contributed by atoms with Gasteiger partial charge in [0, 0.05) is 11.1 Å². The molecule has 0 unspecified atom stereocenters. The molecule has 0 saturated heterocycles. The summed E-state index contributed by atoms with van der Waals surface area (Å²) in [6, 6.07) is 5.58. The number of nitrogens with zero attached hydrogens (tertiary/aromatic N) is 1. The molecule has 0 aliphatic carbocycles. The number of hydrogen-bond acceptors (Lipinski definition) is 1. The van der Waals surface area contributed by atoms with E-state index in [9.17, 15) is 4.79 Å². The quantitative estimate of drug-likeness (QED) is 0.693. The highest BCUT2D eigenvalue weighted by Gasteiger charge is 2.13. The van der Waals surface area contributed by atoms with Gasteiger partial charge in [0.15, 0.2) is 0 Å². The van der Waals surface area contributed by atoms with E-state index in [1.807, 2.05) is 12.1 Å². The van der Waals surface area contributed by atoms with E-state index < -0.39 is 0 Å². The van der Waals surface area contributed by atoms with Gasteiger partial charge in [0.2, 0.25) is 0 Å². The van der Waals surface area contributed by atoms with E-state index >= 15 is 0 Å². The molecule has 0 bridgehead atoms. The summed E-state index contributed by atoms with van der Waals surface area (Å²) in [6.45, 7) is 0. The molecule has 1 amide bonds. The summed E-state index contributed by atoms with van der Waals surface area (Å²) >= 11 is 11.4. The van der Waals surface area contributed by atoms with Gasteiger partial charge in [-0.15, -0.1) is 11.6 Å². The molecular weight excluding hydrogens is 221 g/mol. The Morgan fingerprint density at radius 2 is 2.14 bits per heavy atom. The minimum atomic E-state index is -0.357. The third-order valence-corrected chi connectivity index (χ3v) is 2.64. The number of aryl methyl sites for hydroxylation is 1. The lowest BCUT2D eigenvalue weighted by molar-refractivity contribution is -0.112. The molecule has 4 heteroatoms. The van der Waals surface area contributed by atoms with E-state index in [1.54, 1.807) is 6.07 Å². The summed E-state index contributed by atoms with van der Waals surface area (Å²) in [6.07, 6.45) is 0.771. The van der Waals surface area contributed by atoms with Gasteiger partial charge in [-0.3, -0.25) is 4.79 Å². The van der Waals surface area contributed by atoms with Crippen LogP contribution in [0.2, 0.25) is 0 Å². The first-order valence-electron chi connectivity index (χ1n) is 4.20. The van der Waals surface area contributed by atoms with Gasteiger partial charge >= 0.3 is 0 Å². The molecule has 1 aliphatic heterocycles. The van der Waals surface area contributed by atoms with Crippen LogP contribution in [-0.2, 0) is 11.2 Å². The van der Waals surface area contributed by atoms with E-state index in [2.05, 4.69) is 4.99 Å². The third-order valence-electron chi connectivity index (χ3n) is 2.09. The van der Waals surface area contributed by atoms with Crippen LogP contribution >= 0.6 is 23.2 Å². The van der Waals surface area contributed by atoms with Crippen LogP contribution in [0, 0.1) is 0 Å². The van der Waals surface area contributed by atoms with E-state index in [-0.39, 0.29) is 10.9 Å². The standard InChI is InChI=1S/C10H7Cl2NO/c11-4-3-6-1-2-8-7(5-6)9(12)10(14)13-8/h1-2,5H,3-4H2. The first-order chi connectivity index (χ1) is 6.72. The maximum atomic E-state index is 11.1. The van der Waals surface area contributed by atoms with Gasteiger partial charge in [0.05, 0.1) is 5.36 Å². The second-order valence-corrected chi connectivity index (χ2v) is 3.78. The highest BCUT2D eigenvalue weighted by Crippen LogP contribution is 2.06. The molecule has 14 heavy (non-hydrogen) atoms. The Kier molecular flexibility index (Phi) is 2.57. The van der Waals surface area contributed by atoms with Gasteiger partial charge in [-0.25, -0.2) is 4.99 Å². The van der Waals surface area contributed by atoms with Crippen molar-refractivity contribution in [2.45, 2.75) is 6.42 Å². The van der Waals surface area contributed by atoms with E-state index in [4.69, 9.17) is 23.2 Å². The predicted molar refractivity (Wildman–Crippen MR) is 55.9 cm³/mol. The normalized spacial score (nSPS) is 14.1. The van der Waals surface area contributed by atoms with Crippen LogP contribution in [-0.4, -0.2) is 11.8 Å². The maximum absolute atomic E-state index is 11.1. The number of carbonyl (C=O) groups excluding carboxylic acids is 1. The molecule has 2 nitrogen and oxygen atoms in total. The van der Waals surface area contributed by atoms with Crippen LogP contribution in [0.1, 0.15) is 5.56 Å². The first kappa shape index (κ1) is 9.69. The van der Waals surface area contributed by atoms with Crippen LogP contribution < -0.4 is 10.6 Å². The summed E-state index contributed by atoms with van der Waals surface area (Å²) in [5, 5.41) is 1.58. The van der Waals surface area contributed by atoms with Crippen LogP contribution in [0.4, 0.5) is 0 Å². The van der Waals surface area contributed by atoms with Crippen LogP contribution in [0.3, 0.4) is 0 Å². The second kappa shape index (κ2) is 3.71. The van der Waals surface area contributed by atoms with Gasteiger partial charge in [-0.2, -0.15) is 0 Å². The molecule has 0 atom stereocenters. The number of hydrogen-bond donors (Lipinski definition) is 0. The van der Waals surface area contributed by atoms with Crippen molar-refractivity contribution in [3.8, 4) is 0 Å². The molecule has 1 aromatic carbocycles. The largest absolute Gasteiger partial charge is 0.289 e. The molecule has 1 aliphatic rings. The van der Waals surface area contributed by atoms with Crippen molar-refractivity contribution in [1.82, 2.24) is 0 Å². The number of halogens is 2. The molecule has 1 aromatic rings. The molecule has 0 aromatic heterocycles. The zero-order valence-electron chi connectivity index (χ0n) is 7.26. The minimum Gasteiger partial charge on any atom is -0.266 e. The fourth-order valence-electron chi connectivity index (χ4n) is 1.39. The molecule has 1 heterocycles. The Hall–Kier alpha value is -0.860. The van der Waals surface area contributed by atoms with E-state index in [0.717, 1.165) is 17.2 Å². The molecule has 0 fully saturated rings.